The van der Waals surface area contributed by atoms with E-state index in [-0.39, 0.29) is 23.4 Å². The van der Waals surface area contributed by atoms with Crippen molar-refractivity contribution in [3.05, 3.63) is 50.9 Å². The molecule has 1 amide bonds. The van der Waals surface area contributed by atoms with Crippen molar-refractivity contribution in [1.29, 1.82) is 0 Å². The molecular weight excluding hydrogens is 336 g/mol. The third kappa shape index (κ3) is 3.89. The molecule has 2 aromatic rings. The molecule has 120 valence electrons. The third-order valence-electron chi connectivity index (χ3n) is 3.81. The highest BCUT2D eigenvalue weighted by molar-refractivity contribution is 7.09. The van der Waals surface area contributed by atoms with Crippen LogP contribution in [0, 0.1) is 5.92 Å². The number of hydrogen-bond donors (Lipinski definition) is 2. The van der Waals surface area contributed by atoms with E-state index in [1.807, 2.05) is 24.3 Å². The Balaban J connectivity index is 1.46. The summed E-state index contributed by atoms with van der Waals surface area (Å²) < 4.78 is 0. The number of thiazole rings is 1. The van der Waals surface area contributed by atoms with Crippen molar-refractivity contribution in [3.63, 3.8) is 0 Å². The number of aromatic nitrogens is 1. The Kier molecular flexibility index (Phi) is 4.63. The maximum absolute atomic E-state index is 12.1. The van der Waals surface area contributed by atoms with Gasteiger partial charge < -0.3 is 10.4 Å². The van der Waals surface area contributed by atoms with Crippen LogP contribution in [0.3, 0.4) is 0 Å². The van der Waals surface area contributed by atoms with Crippen LogP contribution in [0.1, 0.15) is 33.4 Å². The Morgan fingerprint density at radius 1 is 1.43 bits per heavy atom. The van der Waals surface area contributed by atoms with Crippen molar-refractivity contribution in [2.45, 2.75) is 18.8 Å². The minimum Gasteiger partial charge on any atom is -0.476 e. The topological polar surface area (TPSA) is 79.3 Å². The molecule has 2 atom stereocenters. The van der Waals surface area contributed by atoms with Crippen molar-refractivity contribution in [1.82, 2.24) is 10.3 Å². The lowest BCUT2D eigenvalue weighted by Gasteiger charge is -2.04. The number of aromatic carboxylic acids is 1. The molecule has 1 heterocycles. The maximum Gasteiger partial charge on any atom is 0.355 e. The van der Waals surface area contributed by atoms with E-state index in [1.165, 1.54) is 16.7 Å². The molecule has 1 aromatic carbocycles. The number of benzene rings is 1. The van der Waals surface area contributed by atoms with E-state index in [0.29, 0.717) is 23.0 Å². The van der Waals surface area contributed by atoms with Crippen molar-refractivity contribution in [2.24, 2.45) is 5.92 Å². The van der Waals surface area contributed by atoms with Crippen LogP contribution in [0.15, 0.2) is 29.6 Å². The van der Waals surface area contributed by atoms with Crippen LogP contribution < -0.4 is 5.32 Å². The predicted molar refractivity (Wildman–Crippen MR) is 88.1 cm³/mol. The summed E-state index contributed by atoms with van der Waals surface area (Å²) in [5.41, 5.74) is 1.16. The maximum atomic E-state index is 12.1. The summed E-state index contributed by atoms with van der Waals surface area (Å²) in [6.45, 7) is 0.462. The molecule has 2 N–H and O–H groups in total. The predicted octanol–water partition coefficient (Wildman–Crippen LogP) is 2.96. The molecular formula is C16H15ClN2O3S. The number of nitrogens with zero attached hydrogens (tertiary/aromatic N) is 1. The minimum atomic E-state index is -1.03. The van der Waals surface area contributed by atoms with Crippen LogP contribution in [-0.4, -0.2) is 28.5 Å². The molecule has 23 heavy (non-hydrogen) atoms. The van der Waals surface area contributed by atoms with Crippen LogP contribution in [0.2, 0.25) is 5.02 Å². The summed E-state index contributed by atoms with van der Waals surface area (Å²) in [5.74, 6) is -0.754. The van der Waals surface area contributed by atoms with Crippen molar-refractivity contribution in [3.8, 4) is 0 Å². The molecule has 0 radical (unpaired) electrons. The second-order valence-corrected chi connectivity index (χ2v) is 6.86. The summed E-state index contributed by atoms with van der Waals surface area (Å²) in [6, 6.07) is 7.62. The van der Waals surface area contributed by atoms with Crippen LogP contribution >= 0.6 is 22.9 Å². The molecule has 5 nitrogen and oxygen atoms in total. The zero-order valence-electron chi connectivity index (χ0n) is 12.2. The number of amides is 1. The van der Waals surface area contributed by atoms with Gasteiger partial charge in [0, 0.05) is 29.3 Å². The van der Waals surface area contributed by atoms with E-state index >= 15 is 0 Å². The van der Waals surface area contributed by atoms with Crippen LogP contribution in [0.4, 0.5) is 0 Å². The molecule has 1 aliphatic carbocycles. The Labute approximate surface area is 142 Å². The molecule has 1 aliphatic rings. The Morgan fingerprint density at radius 2 is 2.26 bits per heavy atom. The van der Waals surface area contributed by atoms with E-state index < -0.39 is 5.97 Å². The van der Waals surface area contributed by atoms with Crippen molar-refractivity contribution in [2.75, 3.05) is 6.54 Å². The van der Waals surface area contributed by atoms with Gasteiger partial charge in [-0.1, -0.05) is 23.7 Å². The van der Waals surface area contributed by atoms with Gasteiger partial charge in [-0.05, 0) is 30.0 Å². The molecule has 2 unspecified atom stereocenters. The highest BCUT2D eigenvalue weighted by Gasteiger charge is 2.43. The molecule has 0 aliphatic heterocycles. The van der Waals surface area contributed by atoms with Gasteiger partial charge in [0.15, 0.2) is 5.69 Å². The average Bonchev–Trinajstić information content (AvgIpc) is 3.18. The number of halogens is 1. The van der Waals surface area contributed by atoms with Gasteiger partial charge in [-0.2, -0.15) is 0 Å². The summed E-state index contributed by atoms with van der Waals surface area (Å²) in [6.07, 6.45) is 1.38. The van der Waals surface area contributed by atoms with Crippen molar-refractivity contribution >= 4 is 34.8 Å². The Bertz CT molecular complexity index is 746. The molecule has 1 aromatic heterocycles. The molecule has 1 saturated carbocycles. The molecule has 7 heteroatoms. The molecule has 3 rings (SSSR count). The Hall–Kier alpha value is -1.92. The van der Waals surface area contributed by atoms with E-state index in [9.17, 15) is 9.59 Å². The standard InChI is InChI=1S/C16H15ClN2O3S/c17-10-3-1-2-9(6-10)11-7-12(11)15(20)18-5-4-14-19-13(8-23-14)16(21)22/h1-3,6,8,11-12H,4-5,7H2,(H,18,20)(H,21,22). The van der Waals surface area contributed by atoms with Gasteiger partial charge in [0.1, 0.15) is 0 Å². The Morgan fingerprint density at radius 3 is 2.96 bits per heavy atom. The van der Waals surface area contributed by atoms with E-state index in [2.05, 4.69) is 10.3 Å². The van der Waals surface area contributed by atoms with Crippen molar-refractivity contribution < 1.29 is 14.7 Å². The lowest BCUT2D eigenvalue weighted by Crippen LogP contribution is -2.27. The minimum absolute atomic E-state index is 0.000609. The number of hydrogen-bond acceptors (Lipinski definition) is 4. The first kappa shape index (κ1) is 16.0. The zero-order chi connectivity index (χ0) is 16.4. The summed E-state index contributed by atoms with van der Waals surface area (Å²) in [5, 5.41) is 14.6. The van der Waals surface area contributed by atoms with E-state index in [0.717, 1.165) is 12.0 Å². The fourth-order valence-corrected chi connectivity index (χ4v) is 3.51. The quantitative estimate of drug-likeness (QED) is 0.839. The monoisotopic (exact) mass is 350 g/mol. The van der Waals surface area contributed by atoms with E-state index in [1.54, 1.807) is 0 Å². The first-order valence-electron chi connectivity index (χ1n) is 7.25. The fourth-order valence-electron chi connectivity index (χ4n) is 2.54. The first-order chi connectivity index (χ1) is 11.0. The van der Waals surface area contributed by atoms with Gasteiger partial charge >= 0.3 is 5.97 Å². The first-order valence-corrected chi connectivity index (χ1v) is 8.51. The number of carboxylic acid groups (broad SMARTS) is 1. The highest BCUT2D eigenvalue weighted by atomic mass is 35.5. The van der Waals surface area contributed by atoms with Gasteiger partial charge in [-0.3, -0.25) is 4.79 Å². The SMILES string of the molecule is O=C(O)c1csc(CCNC(=O)C2CC2c2cccc(Cl)c2)n1. The number of carbonyl (C=O) groups is 2. The number of carboxylic acids is 1. The lowest BCUT2D eigenvalue weighted by molar-refractivity contribution is -0.122. The van der Waals surface area contributed by atoms with Crippen LogP contribution in [0.25, 0.3) is 0 Å². The number of nitrogens with one attached hydrogen (secondary N) is 1. The number of rotatable bonds is 6. The second-order valence-electron chi connectivity index (χ2n) is 5.48. The molecule has 0 saturated heterocycles. The largest absolute Gasteiger partial charge is 0.476 e. The van der Waals surface area contributed by atoms with Crippen LogP contribution in [-0.2, 0) is 11.2 Å². The normalized spacial score (nSPS) is 19.3. The fraction of sp³-hybridized carbons (Fsp3) is 0.312. The summed E-state index contributed by atoms with van der Waals surface area (Å²) in [7, 11) is 0. The van der Waals surface area contributed by atoms with Gasteiger partial charge in [0.05, 0.1) is 5.01 Å². The lowest BCUT2D eigenvalue weighted by atomic mass is 10.1. The van der Waals surface area contributed by atoms with Gasteiger partial charge in [0.2, 0.25) is 5.91 Å². The number of carbonyl (C=O) groups excluding carboxylic acids is 1. The van der Waals surface area contributed by atoms with Gasteiger partial charge in [0.25, 0.3) is 0 Å². The second kappa shape index (κ2) is 6.68. The van der Waals surface area contributed by atoms with Gasteiger partial charge in [-0.25, -0.2) is 9.78 Å². The summed E-state index contributed by atoms with van der Waals surface area (Å²) in [4.78, 5) is 26.9. The molecule has 1 fully saturated rings. The third-order valence-corrected chi connectivity index (χ3v) is 4.96. The molecule has 0 bridgehead atoms. The smallest absolute Gasteiger partial charge is 0.355 e. The summed E-state index contributed by atoms with van der Waals surface area (Å²) >= 11 is 7.27. The molecule has 0 spiro atoms. The van der Waals surface area contributed by atoms with E-state index in [4.69, 9.17) is 16.7 Å². The van der Waals surface area contributed by atoms with Crippen LogP contribution in [0.5, 0.6) is 0 Å². The zero-order valence-corrected chi connectivity index (χ0v) is 13.7. The van der Waals surface area contributed by atoms with Gasteiger partial charge in [-0.15, -0.1) is 11.3 Å². The highest BCUT2D eigenvalue weighted by Crippen LogP contribution is 2.47. The average molecular weight is 351 g/mol.